The van der Waals surface area contributed by atoms with Crippen LogP contribution in [0.1, 0.15) is 30.9 Å². The van der Waals surface area contributed by atoms with Crippen LogP contribution in [0.2, 0.25) is 0 Å². The van der Waals surface area contributed by atoms with Crippen LogP contribution in [0, 0.1) is 10.1 Å². The molecule has 0 fully saturated rings. The predicted octanol–water partition coefficient (Wildman–Crippen LogP) is 3.79. The number of amides is 1. The van der Waals surface area contributed by atoms with Crippen molar-refractivity contribution in [3.63, 3.8) is 0 Å². The van der Waals surface area contributed by atoms with Crippen LogP contribution in [-0.4, -0.2) is 21.9 Å². The van der Waals surface area contributed by atoms with E-state index in [4.69, 9.17) is 0 Å². The van der Waals surface area contributed by atoms with Gasteiger partial charge in [0.25, 0.3) is 11.6 Å². The van der Waals surface area contributed by atoms with Gasteiger partial charge in [-0.3, -0.25) is 14.9 Å². The number of dihydropyridines is 1. The predicted molar refractivity (Wildman–Crippen MR) is 119 cm³/mol. The molecule has 2 aromatic carbocycles. The van der Waals surface area contributed by atoms with E-state index in [1.165, 1.54) is 30.5 Å². The van der Waals surface area contributed by atoms with Crippen molar-refractivity contribution in [3.05, 3.63) is 111 Å². The summed E-state index contributed by atoms with van der Waals surface area (Å²) in [4.78, 5) is 35.6. The first-order valence-corrected chi connectivity index (χ1v) is 9.95. The molecule has 8 nitrogen and oxygen atoms in total. The maximum absolute atomic E-state index is 13.1. The van der Waals surface area contributed by atoms with E-state index in [1.807, 2.05) is 30.3 Å². The van der Waals surface area contributed by atoms with E-state index < -0.39 is 22.7 Å². The summed E-state index contributed by atoms with van der Waals surface area (Å²) in [5.41, 5.74) is 2.64. The number of allylic oxidation sites excluding steroid dienone is 3. The van der Waals surface area contributed by atoms with Crippen molar-refractivity contribution >= 4 is 17.6 Å². The summed E-state index contributed by atoms with van der Waals surface area (Å²) in [6.07, 6.45) is 3.97. The number of nitrogens with zero attached hydrogens (tertiary/aromatic N) is 1. The van der Waals surface area contributed by atoms with Crippen molar-refractivity contribution in [2.75, 3.05) is 0 Å². The van der Waals surface area contributed by atoms with Crippen LogP contribution >= 0.6 is 0 Å². The number of carbonyl (C=O) groups excluding carboxylic acids is 1. The minimum Gasteiger partial charge on any atom is -0.478 e. The molecule has 3 rings (SSSR count). The molecule has 1 heterocycles. The molecule has 1 atom stereocenters. The number of rotatable bonds is 7. The van der Waals surface area contributed by atoms with Crippen molar-refractivity contribution in [1.29, 1.82) is 0 Å². The molecule has 0 aliphatic carbocycles. The molecule has 0 spiro atoms. The lowest BCUT2D eigenvalue weighted by atomic mass is 9.80. The van der Waals surface area contributed by atoms with Gasteiger partial charge in [-0.2, -0.15) is 0 Å². The van der Waals surface area contributed by atoms with Crippen LogP contribution in [0.5, 0.6) is 0 Å². The molecule has 164 valence electrons. The second-order valence-electron chi connectivity index (χ2n) is 7.35. The van der Waals surface area contributed by atoms with Crippen LogP contribution in [0.3, 0.4) is 0 Å². The number of nitrogens with one attached hydrogen (secondary N) is 2. The molecule has 32 heavy (non-hydrogen) atoms. The molecule has 1 aliphatic rings. The number of aliphatic carboxylic acids is 1. The summed E-state index contributed by atoms with van der Waals surface area (Å²) >= 11 is 0. The molecule has 0 saturated heterocycles. The van der Waals surface area contributed by atoms with Crippen molar-refractivity contribution in [1.82, 2.24) is 10.6 Å². The minimum atomic E-state index is -1.17. The summed E-state index contributed by atoms with van der Waals surface area (Å²) < 4.78 is 0. The molecular weight excluding hydrogens is 410 g/mol. The molecule has 0 radical (unpaired) electrons. The van der Waals surface area contributed by atoms with E-state index in [1.54, 1.807) is 19.9 Å². The highest BCUT2D eigenvalue weighted by atomic mass is 16.6. The third kappa shape index (κ3) is 4.92. The molecular formula is C24H23N3O5. The van der Waals surface area contributed by atoms with Gasteiger partial charge in [-0.05, 0) is 31.4 Å². The Labute approximate surface area is 185 Å². The molecule has 0 saturated carbocycles. The van der Waals surface area contributed by atoms with Gasteiger partial charge in [0.2, 0.25) is 0 Å². The summed E-state index contributed by atoms with van der Waals surface area (Å²) in [7, 11) is 0. The van der Waals surface area contributed by atoms with Crippen molar-refractivity contribution in [3.8, 4) is 0 Å². The van der Waals surface area contributed by atoms with Gasteiger partial charge in [0, 0.05) is 35.3 Å². The van der Waals surface area contributed by atoms with Gasteiger partial charge >= 0.3 is 5.97 Å². The summed E-state index contributed by atoms with van der Waals surface area (Å²) in [5, 5.41) is 26.5. The quantitative estimate of drug-likeness (QED) is 0.451. The number of nitro groups is 1. The fourth-order valence-corrected chi connectivity index (χ4v) is 3.72. The molecule has 8 heteroatoms. The number of hydrogen-bond donors (Lipinski definition) is 3. The second kappa shape index (κ2) is 9.74. The van der Waals surface area contributed by atoms with E-state index in [9.17, 15) is 24.8 Å². The molecule has 1 amide bonds. The van der Waals surface area contributed by atoms with Crippen LogP contribution in [0.4, 0.5) is 5.69 Å². The average molecular weight is 433 g/mol. The van der Waals surface area contributed by atoms with Gasteiger partial charge in [0.15, 0.2) is 0 Å². The molecule has 0 aromatic heterocycles. The van der Waals surface area contributed by atoms with Crippen LogP contribution in [0.15, 0.2) is 89.4 Å². The van der Waals surface area contributed by atoms with Gasteiger partial charge in [-0.15, -0.1) is 0 Å². The third-order valence-electron chi connectivity index (χ3n) is 5.20. The zero-order valence-corrected chi connectivity index (χ0v) is 17.7. The van der Waals surface area contributed by atoms with Gasteiger partial charge in [-0.1, -0.05) is 48.5 Å². The zero-order valence-electron chi connectivity index (χ0n) is 17.7. The monoisotopic (exact) mass is 433 g/mol. The highest BCUT2D eigenvalue weighted by Gasteiger charge is 2.36. The highest BCUT2D eigenvalue weighted by Crippen LogP contribution is 2.38. The van der Waals surface area contributed by atoms with Crippen LogP contribution < -0.4 is 10.6 Å². The van der Waals surface area contributed by atoms with E-state index in [2.05, 4.69) is 10.6 Å². The first-order valence-electron chi connectivity index (χ1n) is 9.95. The maximum atomic E-state index is 13.1. The fraction of sp³-hybridized carbons (Fsp3) is 0.167. The summed E-state index contributed by atoms with van der Waals surface area (Å²) in [6, 6.07) is 15.3. The maximum Gasteiger partial charge on any atom is 0.334 e. The van der Waals surface area contributed by atoms with Crippen LogP contribution in [-0.2, 0) is 16.0 Å². The van der Waals surface area contributed by atoms with Gasteiger partial charge in [-0.25, -0.2) is 4.79 Å². The summed E-state index contributed by atoms with van der Waals surface area (Å²) in [6.45, 7) is 3.32. The normalized spacial score (nSPS) is 16.1. The molecule has 1 aliphatic heterocycles. The smallest absolute Gasteiger partial charge is 0.334 e. The number of nitro benzene ring substituents is 1. The Kier molecular flexibility index (Phi) is 6.84. The van der Waals surface area contributed by atoms with E-state index in [0.29, 0.717) is 23.4 Å². The SMILES string of the molecule is CC1=C(C(=O)O)C(c2ccc([N+](=O)[O-])cc2)C(C(=O)NC=CCc2ccccc2)=C(C)N1. The van der Waals surface area contributed by atoms with Crippen molar-refractivity contribution < 1.29 is 19.6 Å². The Morgan fingerprint density at radius 1 is 1.06 bits per heavy atom. The summed E-state index contributed by atoms with van der Waals surface area (Å²) in [5.74, 6) is -2.50. The van der Waals surface area contributed by atoms with Crippen LogP contribution in [0.25, 0.3) is 0 Å². The fourth-order valence-electron chi connectivity index (χ4n) is 3.72. The number of hydrogen-bond acceptors (Lipinski definition) is 5. The number of carboxylic acid groups (broad SMARTS) is 1. The molecule has 3 N–H and O–H groups in total. The Morgan fingerprint density at radius 3 is 2.28 bits per heavy atom. The number of non-ortho nitro benzene ring substituents is 1. The van der Waals surface area contributed by atoms with Crippen molar-refractivity contribution in [2.24, 2.45) is 0 Å². The largest absolute Gasteiger partial charge is 0.478 e. The van der Waals surface area contributed by atoms with Gasteiger partial charge < -0.3 is 15.7 Å². The minimum absolute atomic E-state index is 0.0165. The first-order chi connectivity index (χ1) is 15.3. The molecule has 2 aromatic rings. The molecule has 1 unspecified atom stereocenters. The zero-order chi connectivity index (χ0) is 23.3. The standard InChI is InChI=1S/C24H23N3O5/c1-15-20(23(28)25-14-6-9-17-7-4-3-5-8-17)22(21(24(29)30)16(2)26-15)18-10-12-19(13-11-18)27(31)32/h3-8,10-14,22,26H,9H2,1-2H3,(H,25,28)(H,29,30). The Morgan fingerprint density at radius 2 is 1.69 bits per heavy atom. The lowest BCUT2D eigenvalue weighted by Crippen LogP contribution is -2.34. The van der Waals surface area contributed by atoms with Crippen molar-refractivity contribution in [2.45, 2.75) is 26.2 Å². The van der Waals surface area contributed by atoms with Gasteiger partial charge in [0.05, 0.1) is 16.4 Å². The number of carbonyl (C=O) groups is 2. The lowest BCUT2D eigenvalue weighted by molar-refractivity contribution is -0.384. The third-order valence-corrected chi connectivity index (χ3v) is 5.20. The Balaban J connectivity index is 1.90. The lowest BCUT2D eigenvalue weighted by Gasteiger charge is -2.29. The van der Waals surface area contributed by atoms with E-state index in [-0.39, 0.29) is 16.8 Å². The molecule has 0 bridgehead atoms. The average Bonchev–Trinajstić information content (AvgIpc) is 2.76. The van der Waals surface area contributed by atoms with Gasteiger partial charge in [0.1, 0.15) is 0 Å². The Bertz CT molecular complexity index is 1130. The van der Waals surface area contributed by atoms with E-state index in [0.717, 1.165) is 5.56 Å². The topological polar surface area (TPSA) is 122 Å². The first kappa shape index (κ1) is 22.5. The Hall–Kier alpha value is -4.20. The number of carboxylic acids is 1. The second-order valence-corrected chi connectivity index (χ2v) is 7.35. The highest BCUT2D eigenvalue weighted by molar-refractivity contribution is 6.02. The van der Waals surface area contributed by atoms with E-state index >= 15 is 0 Å². The number of benzene rings is 2.